The van der Waals surface area contributed by atoms with Crippen LogP contribution in [0.2, 0.25) is 0 Å². The molecule has 1 aliphatic heterocycles. The van der Waals surface area contributed by atoms with Gasteiger partial charge in [-0.3, -0.25) is 15.0 Å². The van der Waals surface area contributed by atoms with Gasteiger partial charge in [-0.25, -0.2) is 0 Å². The fraction of sp³-hybridized carbons (Fsp3) is 0.571. The average Bonchev–Trinajstić information content (AvgIpc) is 2.92. The first kappa shape index (κ1) is 14.0. The molecule has 1 unspecified atom stereocenters. The van der Waals surface area contributed by atoms with Crippen LogP contribution in [0, 0.1) is 10.1 Å². The molecule has 0 bridgehead atoms. The summed E-state index contributed by atoms with van der Waals surface area (Å²) in [5.41, 5.74) is 1.30. The predicted molar refractivity (Wildman–Crippen MR) is 75.1 cm³/mol. The van der Waals surface area contributed by atoms with Crippen LogP contribution in [0.15, 0.2) is 24.3 Å². The van der Waals surface area contributed by atoms with Crippen molar-refractivity contribution in [2.75, 3.05) is 19.6 Å². The fourth-order valence-electron chi connectivity index (χ4n) is 2.59. The molecule has 0 spiro atoms. The van der Waals surface area contributed by atoms with Gasteiger partial charge in [0.2, 0.25) is 0 Å². The molecule has 0 saturated carbocycles. The number of nitro groups is 1. The lowest BCUT2D eigenvalue weighted by atomic mass is 10.1. The van der Waals surface area contributed by atoms with Gasteiger partial charge in [-0.05, 0) is 31.5 Å². The molecule has 0 amide bonds. The van der Waals surface area contributed by atoms with Crippen LogP contribution in [-0.2, 0) is 6.54 Å². The van der Waals surface area contributed by atoms with Crippen molar-refractivity contribution in [1.29, 1.82) is 0 Å². The van der Waals surface area contributed by atoms with Crippen LogP contribution in [0.1, 0.15) is 25.3 Å². The summed E-state index contributed by atoms with van der Waals surface area (Å²) in [4.78, 5) is 12.8. The zero-order valence-corrected chi connectivity index (χ0v) is 11.3. The van der Waals surface area contributed by atoms with E-state index in [1.165, 1.54) is 6.42 Å². The molecule has 1 N–H and O–H groups in total. The highest BCUT2D eigenvalue weighted by molar-refractivity contribution is 5.32. The van der Waals surface area contributed by atoms with E-state index in [0.717, 1.165) is 38.2 Å². The summed E-state index contributed by atoms with van der Waals surface area (Å²) in [5, 5.41) is 14.0. The smallest absolute Gasteiger partial charge is 0.269 e. The number of nitrogens with one attached hydrogen (secondary N) is 1. The number of nitrogens with zero attached hydrogens (tertiary/aromatic N) is 2. The Kier molecular flexibility index (Phi) is 4.87. The Morgan fingerprint density at radius 1 is 1.42 bits per heavy atom. The maximum Gasteiger partial charge on any atom is 0.269 e. The summed E-state index contributed by atoms with van der Waals surface area (Å²) in [7, 11) is 0. The van der Waals surface area contributed by atoms with Gasteiger partial charge in [-0.1, -0.05) is 19.1 Å². The molecule has 0 aliphatic carbocycles. The van der Waals surface area contributed by atoms with Gasteiger partial charge in [-0.2, -0.15) is 0 Å². The highest BCUT2D eigenvalue weighted by Crippen LogP contribution is 2.17. The quantitative estimate of drug-likeness (QED) is 0.631. The van der Waals surface area contributed by atoms with Crippen LogP contribution in [0.25, 0.3) is 0 Å². The molecule has 0 aromatic heterocycles. The second kappa shape index (κ2) is 6.63. The van der Waals surface area contributed by atoms with Gasteiger partial charge in [0, 0.05) is 31.3 Å². The van der Waals surface area contributed by atoms with Gasteiger partial charge in [0.05, 0.1) is 4.92 Å². The van der Waals surface area contributed by atoms with Crippen LogP contribution in [0.4, 0.5) is 5.69 Å². The standard InChI is InChI=1S/C14H21N3O2/c1-2-9-16(14-7-8-15-10-14)11-12-3-5-13(6-4-12)17(18)19/h3-6,14-15H,2,7-11H2,1H3. The van der Waals surface area contributed by atoms with E-state index in [1.54, 1.807) is 12.1 Å². The van der Waals surface area contributed by atoms with Crippen molar-refractivity contribution in [3.63, 3.8) is 0 Å². The third kappa shape index (κ3) is 3.75. The molecule has 5 heteroatoms. The Hall–Kier alpha value is -1.46. The van der Waals surface area contributed by atoms with Gasteiger partial charge in [0.25, 0.3) is 5.69 Å². The SMILES string of the molecule is CCCN(Cc1ccc([N+](=O)[O-])cc1)C1CCNC1. The van der Waals surface area contributed by atoms with E-state index in [1.807, 2.05) is 12.1 Å². The molecule has 104 valence electrons. The third-order valence-corrected chi connectivity index (χ3v) is 3.59. The van der Waals surface area contributed by atoms with Crippen LogP contribution < -0.4 is 5.32 Å². The second-order valence-corrected chi connectivity index (χ2v) is 5.04. The molecule has 19 heavy (non-hydrogen) atoms. The lowest BCUT2D eigenvalue weighted by molar-refractivity contribution is -0.384. The van der Waals surface area contributed by atoms with Gasteiger partial charge in [0.15, 0.2) is 0 Å². The summed E-state index contributed by atoms with van der Waals surface area (Å²) in [6.07, 6.45) is 2.32. The Morgan fingerprint density at radius 2 is 2.16 bits per heavy atom. The first-order chi connectivity index (χ1) is 9.20. The molecule has 1 aliphatic rings. The topological polar surface area (TPSA) is 58.4 Å². The monoisotopic (exact) mass is 263 g/mol. The number of non-ortho nitro benzene ring substituents is 1. The molecule has 1 aromatic rings. The van der Waals surface area contributed by atoms with Gasteiger partial charge < -0.3 is 5.32 Å². The van der Waals surface area contributed by atoms with Gasteiger partial charge >= 0.3 is 0 Å². The van der Waals surface area contributed by atoms with E-state index in [9.17, 15) is 10.1 Å². The molecule has 1 heterocycles. The van der Waals surface area contributed by atoms with E-state index in [2.05, 4.69) is 17.1 Å². The molecule has 1 atom stereocenters. The van der Waals surface area contributed by atoms with Crippen molar-refractivity contribution in [3.8, 4) is 0 Å². The van der Waals surface area contributed by atoms with E-state index in [4.69, 9.17) is 0 Å². The zero-order valence-electron chi connectivity index (χ0n) is 11.3. The minimum absolute atomic E-state index is 0.160. The van der Waals surface area contributed by atoms with Crippen LogP contribution in [0.5, 0.6) is 0 Å². The third-order valence-electron chi connectivity index (χ3n) is 3.59. The lowest BCUT2D eigenvalue weighted by Gasteiger charge is -2.27. The van der Waals surface area contributed by atoms with E-state index in [-0.39, 0.29) is 10.6 Å². The summed E-state index contributed by atoms with van der Waals surface area (Å²) >= 11 is 0. The highest BCUT2D eigenvalue weighted by Gasteiger charge is 2.21. The maximum atomic E-state index is 10.6. The Bertz CT molecular complexity index is 413. The second-order valence-electron chi connectivity index (χ2n) is 5.04. The van der Waals surface area contributed by atoms with Crippen LogP contribution in [0.3, 0.4) is 0 Å². The normalized spacial score (nSPS) is 18.9. The Morgan fingerprint density at radius 3 is 2.68 bits per heavy atom. The van der Waals surface area contributed by atoms with Crippen molar-refractivity contribution >= 4 is 5.69 Å². The maximum absolute atomic E-state index is 10.6. The Balaban J connectivity index is 2.01. The number of hydrogen-bond acceptors (Lipinski definition) is 4. The first-order valence-corrected chi connectivity index (χ1v) is 6.89. The summed E-state index contributed by atoms with van der Waals surface area (Å²) in [6, 6.07) is 7.50. The minimum Gasteiger partial charge on any atom is -0.315 e. The highest BCUT2D eigenvalue weighted by atomic mass is 16.6. The van der Waals surface area contributed by atoms with Gasteiger partial charge in [-0.15, -0.1) is 0 Å². The molecular formula is C14H21N3O2. The number of rotatable bonds is 6. The molecule has 5 nitrogen and oxygen atoms in total. The molecule has 1 aromatic carbocycles. The molecule has 2 rings (SSSR count). The summed E-state index contributed by atoms with van der Waals surface area (Å²) in [5.74, 6) is 0. The zero-order chi connectivity index (χ0) is 13.7. The lowest BCUT2D eigenvalue weighted by Crippen LogP contribution is -2.36. The summed E-state index contributed by atoms with van der Waals surface area (Å²) < 4.78 is 0. The fourth-order valence-corrected chi connectivity index (χ4v) is 2.59. The van der Waals surface area contributed by atoms with E-state index < -0.39 is 0 Å². The first-order valence-electron chi connectivity index (χ1n) is 6.89. The van der Waals surface area contributed by atoms with E-state index >= 15 is 0 Å². The van der Waals surface area contributed by atoms with Crippen molar-refractivity contribution in [2.24, 2.45) is 0 Å². The molecule has 0 radical (unpaired) electrons. The van der Waals surface area contributed by atoms with Crippen molar-refractivity contribution in [3.05, 3.63) is 39.9 Å². The molecular weight excluding hydrogens is 242 g/mol. The molecule has 1 saturated heterocycles. The number of nitro benzene ring substituents is 1. The van der Waals surface area contributed by atoms with Crippen molar-refractivity contribution < 1.29 is 4.92 Å². The summed E-state index contributed by atoms with van der Waals surface area (Å²) in [6.45, 7) is 6.27. The van der Waals surface area contributed by atoms with Gasteiger partial charge in [0.1, 0.15) is 0 Å². The van der Waals surface area contributed by atoms with E-state index in [0.29, 0.717) is 6.04 Å². The molecule has 1 fully saturated rings. The average molecular weight is 263 g/mol. The number of benzene rings is 1. The van der Waals surface area contributed by atoms with Crippen LogP contribution in [-0.4, -0.2) is 35.5 Å². The minimum atomic E-state index is -0.353. The van der Waals surface area contributed by atoms with Crippen molar-refractivity contribution in [1.82, 2.24) is 10.2 Å². The van der Waals surface area contributed by atoms with Crippen LogP contribution >= 0.6 is 0 Å². The van der Waals surface area contributed by atoms with Crippen molar-refractivity contribution in [2.45, 2.75) is 32.4 Å². The largest absolute Gasteiger partial charge is 0.315 e. The number of hydrogen-bond donors (Lipinski definition) is 1. The Labute approximate surface area is 113 Å². The predicted octanol–water partition coefficient (Wildman–Crippen LogP) is 2.17.